The van der Waals surface area contributed by atoms with Crippen molar-refractivity contribution in [1.82, 2.24) is 9.55 Å². The van der Waals surface area contributed by atoms with Crippen LogP contribution >= 0.6 is 0 Å². The number of nitrogens with zero attached hydrogens (tertiary/aromatic N) is 1. The van der Waals surface area contributed by atoms with E-state index in [9.17, 15) is 14.4 Å². The summed E-state index contributed by atoms with van der Waals surface area (Å²) < 4.78 is 1.22. The first-order chi connectivity index (χ1) is 9.38. The van der Waals surface area contributed by atoms with Gasteiger partial charge in [-0.05, 0) is 38.0 Å². The van der Waals surface area contributed by atoms with E-state index in [1.807, 2.05) is 19.9 Å². The normalized spacial score (nSPS) is 10.6. The highest BCUT2D eigenvalue weighted by atomic mass is 16.2. The van der Waals surface area contributed by atoms with Crippen LogP contribution in [-0.4, -0.2) is 15.3 Å². The molecule has 0 fully saturated rings. The van der Waals surface area contributed by atoms with Gasteiger partial charge in [0, 0.05) is 17.3 Å². The molecule has 0 aliphatic heterocycles. The number of H-pyrrole nitrogens is 1. The first-order valence-electron chi connectivity index (χ1n) is 6.29. The number of aromatic nitrogens is 2. The molecule has 0 atom stereocenters. The van der Waals surface area contributed by atoms with Gasteiger partial charge in [-0.3, -0.25) is 19.1 Å². The summed E-state index contributed by atoms with van der Waals surface area (Å²) in [5.41, 5.74) is 2.10. The van der Waals surface area contributed by atoms with Gasteiger partial charge in [0.1, 0.15) is 0 Å². The molecule has 5 heteroatoms. The van der Waals surface area contributed by atoms with E-state index < -0.39 is 11.2 Å². The zero-order valence-electron chi connectivity index (χ0n) is 11.7. The summed E-state index contributed by atoms with van der Waals surface area (Å²) in [6.07, 6.45) is 1.40. The minimum absolute atomic E-state index is 0.0844. The lowest BCUT2D eigenvalue weighted by Gasteiger charge is -2.07. The molecule has 1 heterocycles. The fourth-order valence-corrected chi connectivity index (χ4v) is 1.90. The maximum absolute atomic E-state index is 12.2. The van der Waals surface area contributed by atoms with Gasteiger partial charge in [-0.15, -0.1) is 0 Å². The van der Waals surface area contributed by atoms with Gasteiger partial charge in [0.2, 0.25) is 0 Å². The standard InChI is InChI=1S/C15H16N2O3/c1-9-4-5-12(6-10(9)2)13(18)8-17-7-11(3)14(19)16-15(17)20/h4-7H,8H2,1-3H3,(H,16,19,20). The molecular weight excluding hydrogens is 256 g/mol. The van der Waals surface area contributed by atoms with E-state index in [4.69, 9.17) is 0 Å². The number of carbonyl (C=O) groups excluding carboxylic acids is 1. The van der Waals surface area contributed by atoms with Crippen molar-refractivity contribution >= 4 is 5.78 Å². The average Bonchev–Trinajstić information content (AvgIpc) is 2.39. The van der Waals surface area contributed by atoms with Gasteiger partial charge in [0.25, 0.3) is 5.56 Å². The monoisotopic (exact) mass is 272 g/mol. The quantitative estimate of drug-likeness (QED) is 0.857. The third-order valence-electron chi connectivity index (χ3n) is 3.33. The number of Topliss-reactive ketones (excluding diaryl/α,β-unsaturated/α-hetero) is 1. The molecule has 0 amide bonds. The molecule has 1 aromatic heterocycles. The van der Waals surface area contributed by atoms with Crippen LogP contribution in [0, 0.1) is 20.8 Å². The molecule has 0 saturated carbocycles. The molecule has 2 rings (SSSR count). The average molecular weight is 272 g/mol. The number of hydrogen-bond acceptors (Lipinski definition) is 3. The minimum atomic E-state index is -0.571. The van der Waals surface area contributed by atoms with Gasteiger partial charge in [0.15, 0.2) is 5.78 Å². The van der Waals surface area contributed by atoms with E-state index in [0.717, 1.165) is 11.1 Å². The second-order valence-electron chi connectivity index (χ2n) is 4.92. The Bertz CT molecular complexity index is 784. The second kappa shape index (κ2) is 5.28. The fourth-order valence-electron chi connectivity index (χ4n) is 1.90. The van der Waals surface area contributed by atoms with Crippen molar-refractivity contribution in [1.29, 1.82) is 0 Å². The Labute approximate surface area is 115 Å². The molecule has 104 valence electrons. The molecule has 0 spiro atoms. The zero-order chi connectivity index (χ0) is 14.9. The molecule has 1 aromatic carbocycles. The molecule has 0 unspecified atom stereocenters. The lowest BCUT2D eigenvalue weighted by Crippen LogP contribution is -2.32. The molecule has 0 saturated heterocycles. The van der Waals surface area contributed by atoms with Crippen molar-refractivity contribution in [2.45, 2.75) is 27.3 Å². The Morgan fingerprint density at radius 1 is 1.10 bits per heavy atom. The highest BCUT2D eigenvalue weighted by Gasteiger charge is 2.10. The van der Waals surface area contributed by atoms with E-state index in [-0.39, 0.29) is 12.3 Å². The number of ketones is 1. The molecule has 20 heavy (non-hydrogen) atoms. The Morgan fingerprint density at radius 2 is 1.80 bits per heavy atom. The predicted molar refractivity (Wildman–Crippen MR) is 76.3 cm³/mol. The summed E-state index contributed by atoms with van der Waals surface area (Å²) in [6.45, 7) is 5.41. The Kier molecular flexibility index (Phi) is 3.70. The number of carbonyl (C=O) groups is 1. The van der Waals surface area contributed by atoms with Crippen LogP contribution in [-0.2, 0) is 6.54 Å². The Hall–Kier alpha value is -2.43. The zero-order valence-corrected chi connectivity index (χ0v) is 11.7. The predicted octanol–water partition coefficient (Wildman–Crippen LogP) is 1.34. The van der Waals surface area contributed by atoms with Gasteiger partial charge in [-0.1, -0.05) is 12.1 Å². The van der Waals surface area contributed by atoms with Crippen LogP contribution in [0.5, 0.6) is 0 Å². The second-order valence-corrected chi connectivity index (χ2v) is 4.92. The van der Waals surface area contributed by atoms with E-state index in [1.165, 1.54) is 10.8 Å². The number of hydrogen-bond donors (Lipinski definition) is 1. The molecule has 0 aliphatic carbocycles. The number of benzene rings is 1. The van der Waals surface area contributed by atoms with E-state index in [1.54, 1.807) is 19.1 Å². The van der Waals surface area contributed by atoms with E-state index in [0.29, 0.717) is 11.1 Å². The fraction of sp³-hybridized carbons (Fsp3) is 0.267. The highest BCUT2D eigenvalue weighted by molar-refractivity contribution is 5.96. The molecule has 5 nitrogen and oxygen atoms in total. The molecule has 1 N–H and O–H groups in total. The first-order valence-corrected chi connectivity index (χ1v) is 6.29. The first kappa shape index (κ1) is 14.0. The smallest absolute Gasteiger partial charge is 0.293 e. The maximum Gasteiger partial charge on any atom is 0.328 e. The van der Waals surface area contributed by atoms with Crippen molar-refractivity contribution in [3.8, 4) is 0 Å². The lowest BCUT2D eigenvalue weighted by atomic mass is 10.0. The number of nitrogens with one attached hydrogen (secondary N) is 1. The number of aromatic amines is 1. The highest BCUT2D eigenvalue weighted by Crippen LogP contribution is 2.10. The summed E-state index contributed by atoms with van der Waals surface area (Å²) in [6, 6.07) is 5.43. The van der Waals surface area contributed by atoms with E-state index >= 15 is 0 Å². The SMILES string of the molecule is Cc1ccc(C(=O)Cn2cc(C)c(=O)[nH]c2=O)cc1C. The van der Waals surface area contributed by atoms with Crippen LogP contribution in [0.4, 0.5) is 0 Å². The van der Waals surface area contributed by atoms with Crippen molar-refractivity contribution in [2.75, 3.05) is 0 Å². The Morgan fingerprint density at radius 3 is 2.45 bits per heavy atom. The van der Waals surface area contributed by atoms with Crippen LogP contribution < -0.4 is 11.2 Å². The Balaban J connectivity index is 2.32. The summed E-state index contributed by atoms with van der Waals surface area (Å²) in [5.74, 6) is -0.165. The van der Waals surface area contributed by atoms with Crippen LogP contribution in [0.25, 0.3) is 0 Å². The number of rotatable bonds is 3. The molecule has 0 aliphatic rings. The largest absolute Gasteiger partial charge is 0.328 e. The topological polar surface area (TPSA) is 71.9 Å². The maximum atomic E-state index is 12.2. The summed E-state index contributed by atoms with van der Waals surface area (Å²) >= 11 is 0. The third kappa shape index (κ3) is 2.77. The van der Waals surface area contributed by atoms with Gasteiger partial charge < -0.3 is 0 Å². The van der Waals surface area contributed by atoms with Gasteiger partial charge >= 0.3 is 5.69 Å². The molecule has 0 bridgehead atoms. The van der Waals surface area contributed by atoms with Gasteiger partial charge in [-0.25, -0.2) is 4.79 Å². The molecular formula is C15H16N2O3. The van der Waals surface area contributed by atoms with Gasteiger partial charge in [0.05, 0.1) is 6.54 Å². The van der Waals surface area contributed by atoms with Crippen LogP contribution in [0.1, 0.15) is 27.0 Å². The van der Waals surface area contributed by atoms with Crippen molar-refractivity contribution in [2.24, 2.45) is 0 Å². The van der Waals surface area contributed by atoms with Crippen LogP contribution in [0.2, 0.25) is 0 Å². The third-order valence-corrected chi connectivity index (χ3v) is 3.33. The summed E-state index contributed by atoms with van der Waals surface area (Å²) in [5, 5.41) is 0. The van der Waals surface area contributed by atoms with Crippen LogP contribution in [0.15, 0.2) is 34.0 Å². The van der Waals surface area contributed by atoms with Crippen molar-refractivity contribution < 1.29 is 4.79 Å². The van der Waals surface area contributed by atoms with Crippen LogP contribution in [0.3, 0.4) is 0 Å². The minimum Gasteiger partial charge on any atom is -0.293 e. The lowest BCUT2D eigenvalue weighted by molar-refractivity contribution is 0.0970. The number of aryl methyl sites for hydroxylation is 3. The summed E-state index contributed by atoms with van der Waals surface area (Å²) in [4.78, 5) is 37.3. The molecule has 2 aromatic rings. The summed E-state index contributed by atoms with van der Waals surface area (Å²) in [7, 11) is 0. The molecule has 0 radical (unpaired) electrons. The van der Waals surface area contributed by atoms with Crippen molar-refractivity contribution in [3.63, 3.8) is 0 Å². The van der Waals surface area contributed by atoms with Crippen molar-refractivity contribution in [3.05, 3.63) is 67.5 Å². The van der Waals surface area contributed by atoms with Gasteiger partial charge in [-0.2, -0.15) is 0 Å². The van der Waals surface area contributed by atoms with E-state index in [2.05, 4.69) is 4.98 Å².